The summed E-state index contributed by atoms with van der Waals surface area (Å²) >= 11 is 0. The highest BCUT2D eigenvalue weighted by molar-refractivity contribution is 6.13. The SMILES string of the molecule is COc1cc(C2=N/C(=C\c3ccc(C)o3)C(=O)O2)cc(OC)c1OC. The molecule has 0 N–H and O–H groups in total. The molecule has 1 aromatic heterocycles. The topological polar surface area (TPSA) is 79.5 Å². The summed E-state index contributed by atoms with van der Waals surface area (Å²) in [6.45, 7) is 1.82. The number of carbonyl (C=O) groups excluding carboxylic acids is 1. The number of benzene rings is 1. The van der Waals surface area contributed by atoms with Gasteiger partial charge in [-0.3, -0.25) is 0 Å². The maximum atomic E-state index is 12.1. The standard InChI is InChI=1S/C18H17NO6/c1-10-5-6-12(24-10)9-13-18(20)25-17(19-13)11-7-14(21-2)16(23-4)15(8-11)22-3/h5-9H,1-4H3/b13-9-. The van der Waals surface area contributed by atoms with Gasteiger partial charge in [-0.2, -0.15) is 0 Å². The van der Waals surface area contributed by atoms with Crippen LogP contribution in [0.25, 0.3) is 6.08 Å². The molecule has 0 aliphatic carbocycles. The van der Waals surface area contributed by atoms with Crippen molar-refractivity contribution in [2.75, 3.05) is 21.3 Å². The van der Waals surface area contributed by atoms with Gasteiger partial charge in [-0.05, 0) is 31.2 Å². The summed E-state index contributed by atoms with van der Waals surface area (Å²) < 4.78 is 26.6. The summed E-state index contributed by atoms with van der Waals surface area (Å²) in [5.41, 5.74) is 0.681. The van der Waals surface area contributed by atoms with Crippen LogP contribution >= 0.6 is 0 Å². The van der Waals surface area contributed by atoms with Gasteiger partial charge in [0, 0.05) is 11.6 Å². The number of aliphatic imine (C=N–C) groups is 1. The summed E-state index contributed by atoms with van der Waals surface area (Å²) in [5, 5.41) is 0. The van der Waals surface area contributed by atoms with Crippen molar-refractivity contribution in [1.82, 2.24) is 0 Å². The van der Waals surface area contributed by atoms with E-state index >= 15 is 0 Å². The lowest BCUT2D eigenvalue weighted by Crippen LogP contribution is -2.06. The van der Waals surface area contributed by atoms with Gasteiger partial charge in [0.1, 0.15) is 11.5 Å². The molecule has 0 fully saturated rings. The molecule has 2 heterocycles. The van der Waals surface area contributed by atoms with Crippen molar-refractivity contribution in [2.45, 2.75) is 6.92 Å². The van der Waals surface area contributed by atoms with E-state index in [1.807, 2.05) is 6.92 Å². The molecule has 0 atom stereocenters. The molecule has 0 saturated heterocycles. The minimum atomic E-state index is -0.558. The number of nitrogens with zero attached hydrogens (tertiary/aromatic N) is 1. The normalized spacial score (nSPS) is 15.1. The van der Waals surface area contributed by atoms with Crippen molar-refractivity contribution in [3.63, 3.8) is 0 Å². The fourth-order valence-electron chi connectivity index (χ4n) is 2.40. The lowest BCUT2D eigenvalue weighted by atomic mass is 10.2. The summed E-state index contributed by atoms with van der Waals surface area (Å²) in [7, 11) is 4.53. The number of hydrogen-bond donors (Lipinski definition) is 0. The molecule has 7 nitrogen and oxygen atoms in total. The number of aryl methyl sites for hydroxylation is 1. The van der Waals surface area contributed by atoms with Crippen molar-refractivity contribution in [1.29, 1.82) is 0 Å². The molecule has 25 heavy (non-hydrogen) atoms. The van der Waals surface area contributed by atoms with Crippen molar-refractivity contribution >= 4 is 17.9 Å². The average molecular weight is 343 g/mol. The number of methoxy groups -OCH3 is 3. The monoisotopic (exact) mass is 343 g/mol. The first-order valence-electron chi connectivity index (χ1n) is 7.45. The first-order chi connectivity index (χ1) is 12.0. The minimum absolute atomic E-state index is 0.151. The van der Waals surface area contributed by atoms with E-state index in [1.165, 1.54) is 27.4 Å². The molecular weight excluding hydrogens is 326 g/mol. The Morgan fingerprint density at radius 3 is 2.24 bits per heavy atom. The molecule has 0 saturated carbocycles. The van der Waals surface area contributed by atoms with Crippen LogP contribution in [-0.2, 0) is 9.53 Å². The second kappa shape index (κ2) is 6.72. The smallest absolute Gasteiger partial charge is 0.363 e. The number of rotatable bonds is 5. The molecule has 1 aromatic carbocycles. The van der Waals surface area contributed by atoms with Gasteiger partial charge in [0.25, 0.3) is 0 Å². The highest BCUT2D eigenvalue weighted by Gasteiger charge is 2.26. The largest absolute Gasteiger partial charge is 0.493 e. The maximum Gasteiger partial charge on any atom is 0.363 e. The minimum Gasteiger partial charge on any atom is -0.493 e. The van der Waals surface area contributed by atoms with Crippen molar-refractivity contribution in [3.05, 3.63) is 47.0 Å². The van der Waals surface area contributed by atoms with Gasteiger partial charge in [0.05, 0.1) is 21.3 Å². The van der Waals surface area contributed by atoms with E-state index in [1.54, 1.807) is 24.3 Å². The van der Waals surface area contributed by atoms with Gasteiger partial charge in [-0.15, -0.1) is 0 Å². The molecule has 0 radical (unpaired) electrons. The van der Waals surface area contributed by atoms with Gasteiger partial charge in [0.2, 0.25) is 11.6 Å². The Morgan fingerprint density at radius 1 is 1.04 bits per heavy atom. The third kappa shape index (κ3) is 3.21. The summed E-state index contributed by atoms with van der Waals surface area (Å²) in [6, 6.07) is 6.87. The lowest BCUT2D eigenvalue weighted by molar-refractivity contribution is -0.129. The first kappa shape index (κ1) is 16.6. The highest BCUT2D eigenvalue weighted by atomic mass is 16.6. The van der Waals surface area contributed by atoms with Crippen molar-refractivity contribution < 1.29 is 28.2 Å². The van der Waals surface area contributed by atoms with Gasteiger partial charge in [-0.25, -0.2) is 9.79 Å². The van der Waals surface area contributed by atoms with Crippen LogP contribution in [0.15, 0.2) is 39.4 Å². The zero-order valence-corrected chi connectivity index (χ0v) is 14.3. The third-order valence-corrected chi connectivity index (χ3v) is 3.57. The number of furan rings is 1. The van der Waals surface area contributed by atoms with E-state index in [9.17, 15) is 4.79 Å². The second-order valence-corrected chi connectivity index (χ2v) is 5.20. The van der Waals surface area contributed by atoms with Crippen LogP contribution in [0, 0.1) is 6.92 Å². The Hall–Kier alpha value is -3.22. The van der Waals surface area contributed by atoms with Crippen LogP contribution in [0.1, 0.15) is 17.1 Å². The van der Waals surface area contributed by atoms with E-state index in [2.05, 4.69) is 4.99 Å². The number of cyclic esters (lactones) is 1. The molecule has 0 spiro atoms. The fourth-order valence-corrected chi connectivity index (χ4v) is 2.40. The van der Waals surface area contributed by atoms with E-state index in [-0.39, 0.29) is 11.6 Å². The second-order valence-electron chi connectivity index (χ2n) is 5.20. The molecule has 130 valence electrons. The predicted octanol–water partition coefficient (Wildman–Crippen LogP) is 2.96. The zero-order valence-electron chi connectivity index (χ0n) is 14.3. The average Bonchev–Trinajstić information content (AvgIpc) is 3.19. The Kier molecular flexibility index (Phi) is 4.47. The van der Waals surface area contributed by atoms with E-state index in [4.69, 9.17) is 23.4 Å². The molecule has 1 aliphatic heterocycles. The van der Waals surface area contributed by atoms with Crippen LogP contribution in [0.3, 0.4) is 0 Å². The lowest BCUT2D eigenvalue weighted by Gasteiger charge is -2.13. The fraction of sp³-hybridized carbons (Fsp3) is 0.222. The quantitative estimate of drug-likeness (QED) is 0.613. The Labute approximate surface area is 144 Å². The number of esters is 1. The zero-order chi connectivity index (χ0) is 18.0. The van der Waals surface area contributed by atoms with E-state index < -0.39 is 5.97 Å². The van der Waals surface area contributed by atoms with Crippen molar-refractivity contribution in [3.8, 4) is 17.2 Å². The molecule has 0 bridgehead atoms. The number of carbonyl (C=O) groups is 1. The first-order valence-corrected chi connectivity index (χ1v) is 7.45. The van der Waals surface area contributed by atoms with E-state index in [0.717, 1.165) is 5.76 Å². The summed E-state index contributed by atoms with van der Waals surface area (Å²) in [5.74, 6) is 2.19. The highest BCUT2D eigenvalue weighted by Crippen LogP contribution is 2.39. The van der Waals surface area contributed by atoms with Crippen LogP contribution < -0.4 is 14.2 Å². The predicted molar refractivity (Wildman–Crippen MR) is 90.1 cm³/mol. The van der Waals surface area contributed by atoms with Gasteiger partial charge < -0.3 is 23.4 Å². The molecular formula is C18H17NO6. The van der Waals surface area contributed by atoms with Crippen LogP contribution in [0.4, 0.5) is 0 Å². The van der Waals surface area contributed by atoms with Crippen LogP contribution in [-0.4, -0.2) is 33.2 Å². The van der Waals surface area contributed by atoms with Gasteiger partial charge in [-0.1, -0.05) is 0 Å². The summed E-state index contributed by atoms with van der Waals surface area (Å²) in [6.07, 6.45) is 1.53. The van der Waals surface area contributed by atoms with Crippen LogP contribution in [0.5, 0.6) is 17.2 Å². The van der Waals surface area contributed by atoms with Crippen molar-refractivity contribution in [2.24, 2.45) is 4.99 Å². The third-order valence-electron chi connectivity index (χ3n) is 3.57. The number of hydrogen-bond acceptors (Lipinski definition) is 7. The molecule has 1 aliphatic rings. The van der Waals surface area contributed by atoms with Gasteiger partial charge in [0.15, 0.2) is 17.2 Å². The van der Waals surface area contributed by atoms with E-state index in [0.29, 0.717) is 28.6 Å². The molecule has 2 aromatic rings. The molecule has 0 amide bonds. The Bertz CT molecular complexity index is 852. The number of ether oxygens (including phenoxy) is 4. The van der Waals surface area contributed by atoms with Gasteiger partial charge >= 0.3 is 5.97 Å². The van der Waals surface area contributed by atoms with Crippen LogP contribution in [0.2, 0.25) is 0 Å². The maximum absolute atomic E-state index is 12.1. The molecule has 0 unspecified atom stereocenters. The Morgan fingerprint density at radius 2 is 1.72 bits per heavy atom. The Balaban J connectivity index is 2.00. The molecule has 7 heteroatoms. The molecule has 3 rings (SSSR count). The summed E-state index contributed by atoms with van der Waals surface area (Å²) in [4.78, 5) is 16.3.